The summed E-state index contributed by atoms with van der Waals surface area (Å²) in [5.41, 5.74) is 2.84. The Hall–Kier alpha value is -2.04. The fourth-order valence-corrected chi connectivity index (χ4v) is 1.67. The van der Waals surface area contributed by atoms with Gasteiger partial charge in [-0.25, -0.2) is 0 Å². The largest absolute Gasteiger partial charge is 0.496 e. The molecule has 0 fully saturated rings. The lowest BCUT2D eigenvalue weighted by molar-refractivity contribution is -0.137. The number of benzene rings is 1. The third-order valence-electron chi connectivity index (χ3n) is 2.86. The minimum Gasteiger partial charge on any atom is -0.496 e. The van der Waals surface area contributed by atoms with Gasteiger partial charge < -0.3 is 15.2 Å². The zero-order valence-electron chi connectivity index (χ0n) is 10.7. The first-order valence-corrected chi connectivity index (χ1v) is 5.57. The number of nitrogens with one attached hydrogen (secondary N) is 1. The fourth-order valence-electron chi connectivity index (χ4n) is 1.67. The first-order valence-electron chi connectivity index (χ1n) is 5.57. The van der Waals surface area contributed by atoms with Gasteiger partial charge in [0.25, 0.3) is 0 Å². The monoisotopic (exact) mass is 251 g/mol. The van der Waals surface area contributed by atoms with Gasteiger partial charge in [0.05, 0.1) is 13.5 Å². The summed E-state index contributed by atoms with van der Waals surface area (Å²) in [6.07, 6.45) is 0.171. The van der Waals surface area contributed by atoms with Crippen LogP contribution in [0.15, 0.2) is 12.1 Å². The van der Waals surface area contributed by atoms with Gasteiger partial charge in [-0.1, -0.05) is 6.07 Å². The number of hydrogen-bond acceptors (Lipinski definition) is 3. The van der Waals surface area contributed by atoms with E-state index in [4.69, 9.17) is 9.84 Å². The van der Waals surface area contributed by atoms with Crippen LogP contribution in [0.1, 0.15) is 16.7 Å². The van der Waals surface area contributed by atoms with Crippen molar-refractivity contribution in [3.63, 3.8) is 0 Å². The van der Waals surface area contributed by atoms with Gasteiger partial charge in [0.15, 0.2) is 0 Å². The highest BCUT2D eigenvalue weighted by atomic mass is 16.5. The van der Waals surface area contributed by atoms with Gasteiger partial charge in [-0.3, -0.25) is 9.59 Å². The van der Waals surface area contributed by atoms with Gasteiger partial charge in [0.2, 0.25) is 5.91 Å². The van der Waals surface area contributed by atoms with E-state index >= 15 is 0 Å². The van der Waals surface area contributed by atoms with Crippen molar-refractivity contribution in [2.24, 2.45) is 0 Å². The third kappa shape index (κ3) is 3.48. The maximum Gasteiger partial charge on any atom is 0.322 e. The van der Waals surface area contributed by atoms with Crippen molar-refractivity contribution in [3.05, 3.63) is 28.8 Å². The molecule has 0 aliphatic rings. The molecule has 0 unspecified atom stereocenters. The number of amides is 1. The molecule has 1 aromatic carbocycles. The Kier molecular flexibility index (Phi) is 4.71. The molecule has 5 nitrogen and oxygen atoms in total. The Morgan fingerprint density at radius 3 is 2.50 bits per heavy atom. The molecule has 1 rings (SSSR count). The lowest BCUT2D eigenvalue weighted by Crippen LogP contribution is -2.30. The van der Waals surface area contributed by atoms with E-state index in [0.717, 1.165) is 22.4 Å². The Labute approximate surface area is 106 Å². The third-order valence-corrected chi connectivity index (χ3v) is 2.86. The average molecular weight is 251 g/mol. The Morgan fingerprint density at radius 2 is 1.94 bits per heavy atom. The average Bonchev–Trinajstić information content (AvgIpc) is 2.33. The Bertz CT molecular complexity index is 468. The van der Waals surface area contributed by atoms with Crippen molar-refractivity contribution in [3.8, 4) is 5.75 Å². The van der Waals surface area contributed by atoms with Crippen molar-refractivity contribution in [2.45, 2.75) is 20.3 Å². The number of hydrogen-bond donors (Lipinski definition) is 2. The number of methoxy groups -OCH3 is 1. The van der Waals surface area contributed by atoms with Gasteiger partial charge in [0, 0.05) is 0 Å². The van der Waals surface area contributed by atoms with Crippen LogP contribution >= 0.6 is 0 Å². The Morgan fingerprint density at radius 1 is 1.28 bits per heavy atom. The highest BCUT2D eigenvalue weighted by molar-refractivity contribution is 5.83. The minimum atomic E-state index is -1.05. The quantitative estimate of drug-likeness (QED) is 0.820. The van der Waals surface area contributed by atoms with Crippen LogP contribution < -0.4 is 10.1 Å². The van der Waals surface area contributed by atoms with E-state index in [-0.39, 0.29) is 18.9 Å². The zero-order chi connectivity index (χ0) is 13.7. The molecule has 0 spiro atoms. The van der Waals surface area contributed by atoms with Crippen molar-refractivity contribution in [1.29, 1.82) is 0 Å². The van der Waals surface area contributed by atoms with Gasteiger partial charge >= 0.3 is 5.97 Å². The molecule has 0 saturated carbocycles. The molecule has 5 heteroatoms. The maximum absolute atomic E-state index is 11.5. The summed E-state index contributed by atoms with van der Waals surface area (Å²) in [7, 11) is 1.60. The van der Waals surface area contributed by atoms with Crippen LogP contribution in [0.2, 0.25) is 0 Å². The van der Waals surface area contributed by atoms with E-state index in [1.165, 1.54) is 0 Å². The highest BCUT2D eigenvalue weighted by Crippen LogP contribution is 2.24. The van der Waals surface area contributed by atoms with Crippen molar-refractivity contribution in [2.75, 3.05) is 13.7 Å². The molecule has 0 radical (unpaired) electrons. The maximum atomic E-state index is 11.5. The summed E-state index contributed by atoms with van der Waals surface area (Å²) in [5, 5.41) is 10.8. The normalized spacial score (nSPS) is 9.94. The molecule has 0 aliphatic heterocycles. The lowest BCUT2D eigenvalue weighted by Gasteiger charge is -2.12. The van der Waals surface area contributed by atoms with Crippen molar-refractivity contribution >= 4 is 11.9 Å². The van der Waals surface area contributed by atoms with E-state index in [9.17, 15) is 9.59 Å². The van der Waals surface area contributed by atoms with Crippen LogP contribution in [0.3, 0.4) is 0 Å². The summed E-state index contributed by atoms with van der Waals surface area (Å²) >= 11 is 0. The van der Waals surface area contributed by atoms with Gasteiger partial charge in [-0.05, 0) is 36.6 Å². The summed E-state index contributed by atoms with van der Waals surface area (Å²) < 4.78 is 5.19. The predicted molar refractivity (Wildman–Crippen MR) is 66.8 cm³/mol. The smallest absolute Gasteiger partial charge is 0.322 e. The molecule has 1 aromatic rings. The van der Waals surface area contributed by atoms with Gasteiger partial charge in [0.1, 0.15) is 12.3 Å². The van der Waals surface area contributed by atoms with Gasteiger partial charge in [-0.2, -0.15) is 0 Å². The second kappa shape index (κ2) is 6.05. The summed E-state index contributed by atoms with van der Waals surface area (Å²) in [4.78, 5) is 21.9. The number of rotatable bonds is 5. The molecule has 18 heavy (non-hydrogen) atoms. The second-order valence-corrected chi connectivity index (χ2v) is 4.02. The molecule has 2 N–H and O–H groups in total. The summed E-state index contributed by atoms with van der Waals surface area (Å²) in [6, 6.07) is 3.63. The Balaban J connectivity index is 2.76. The molecule has 0 bridgehead atoms. The first kappa shape index (κ1) is 14.0. The van der Waals surface area contributed by atoms with E-state index in [0.29, 0.717) is 0 Å². The topological polar surface area (TPSA) is 75.6 Å². The van der Waals surface area contributed by atoms with E-state index in [1.54, 1.807) is 7.11 Å². The number of carboxylic acid groups (broad SMARTS) is 1. The summed E-state index contributed by atoms with van der Waals surface area (Å²) in [5.74, 6) is -0.571. The van der Waals surface area contributed by atoms with Gasteiger partial charge in [-0.15, -0.1) is 0 Å². The molecule has 1 amide bonds. The number of carboxylic acids is 1. The molecule has 0 saturated heterocycles. The van der Waals surface area contributed by atoms with E-state index in [1.807, 2.05) is 26.0 Å². The van der Waals surface area contributed by atoms with E-state index in [2.05, 4.69) is 5.32 Å². The molecular formula is C13H17NO4. The van der Waals surface area contributed by atoms with Crippen LogP contribution in [0.5, 0.6) is 5.75 Å². The number of aliphatic carboxylic acids is 1. The van der Waals surface area contributed by atoms with Crippen LogP contribution in [0.25, 0.3) is 0 Å². The minimum absolute atomic E-state index is 0.171. The SMILES string of the molecule is COc1ccc(CC(=O)NCC(=O)O)c(C)c1C. The van der Waals surface area contributed by atoms with Crippen molar-refractivity contribution < 1.29 is 19.4 Å². The molecule has 0 aromatic heterocycles. The second-order valence-electron chi connectivity index (χ2n) is 4.02. The first-order chi connectivity index (χ1) is 8.45. The highest BCUT2D eigenvalue weighted by Gasteiger charge is 2.10. The van der Waals surface area contributed by atoms with Crippen molar-refractivity contribution in [1.82, 2.24) is 5.32 Å². The molecule has 0 heterocycles. The molecule has 0 atom stereocenters. The van der Waals surface area contributed by atoms with Crippen LogP contribution in [-0.2, 0) is 16.0 Å². The molecular weight excluding hydrogens is 234 g/mol. The number of carbonyl (C=O) groups excluding carboxylic acids is 1. The standard InChI is InChI=1S/C13H17NO4/c1-8-9(2)11(18-3)5-4-10(8)6-12(15)14-7-13(16)17/h4-5H,6-7H2,1-3H3,(H,14,15)(H,16,17). The van der Waals surface area contributed by atoms with Crippen LogP contribution in [0, 0.1) is 13.8 Å². The van der Waals surface area contributed by atoms with E-state index < -0.39 is 5.97 Å². The van der Waals surface area contributed by atoms with Crippen LogP contribution in [0.4, 0.5) is 0 Å². The number of ether oxygens (including phenoxy) is 1. The zero-order valence-corrected chi connectivity index (χ0v) is 10.7. The van der Waals surface area contributed by atoms with Crippen LogP contribution in [-0.4, -0.2) is 30.6 Å². The lowest BCUT2D eigenvalue weighted by atomic mass is 10.00. The summed E-state index contributed by atoms with van der Waals surface area (Å²) in [6.45, 7) is 3.48. The molecule has 0 aliphatic carbocycles. The number of carbonyl (C=O) groups is 2. The molecule has 98 valence electrons. The predicted octanol–water partition coefficient (Wildman–Crippen LogP) is 1.06. The fraction of sp³-hybridized carbons (Fsp3) is 0.385.